The third kappa shape index (κ3) is 2.69. The van der Waals surface area contributed by atoms with Gasteiger partial charge >= 0.3 is 0 Å². The lowest BCUT2D eigenvalue weighted by Gasteiger charge is -2.10. The molecule has 1 aromatic heterocycles. The van der Waals surface area contributed by atoms with Crippen molar-refractivity contribution in [3.8, 4) is 5.69 Å². The van der Waals surface area contributed by atoms with E-state index in [0.717, 1.165) is 5.69 Å². The lowest BCUT2D eigenvalue weighted by atomic mass is 10.3. The molecule has 1 heterocycles. The van der Waals surface area contributed by atoms with Crippen LogP contribution in [0.15, 0.2) is 52.9 Å². The van der Waals surface area contributed by atoms with Gasteiger partial charge in [-0.05, 0) is 12.1 Å². The van der Waals surface area contributed by atoms with Crippen molar-refractivity contribution in [3.63, 3.8) is 0 Å². The van der Waals surface area contributed by atoms with E-state index in [9.17, 15) is 4.79 Å². The highest BCUT2D eigenvalue weighted by Gasteiger charge is 2.09. The molecule has 0 radical (unpaired) electrons. The average Bonchev–Trinajstić information content (AvgIpc) is 2.43. The van der Waals surface area contributed by atoms with Gasteiger partial charge in [0.25, 0.3) is 5.56 Å². The molecule has 0 aliphatic heterocycles. The zero-order chi connectivity index (χ0) is 13.8. The second kappa shape index (κ2) is 5.71. The fourth-order valence-corrected chi connectivity index (χ4v) is 2.37. The van der Waals surface area contributed by atoms with Crippen molar-refractivity contribution in [2.24, 2.45) is 0 Å². The smallest absolute Gasteiger partial charge is 0.265 e. The molecule has 0 unspecified atom stereocenters. The van der Waals surface area contributed by atoms with Crippen molar-refractivity contribution < 1.29 is 0 Å². The quantitative estimate of drug-likeness (QED) is 0.477. The van der Waals surface area contributed by atoms with Gasteiger partial charge in [0.1, 0.15) is 0 Å². The molecule has 0 saturated heterocycles. The first-order valence-electron chi connectivity index (χ1n) is 5.75. The van der Waals surface area contributed by atoms with E-state index in [1.807, 2.05) is 30.3 Å². The highest BCUT2D eigenvalue weighted by atomic mass is 32.2. The molecule has 2 rings (SSSR count). The van der Waals surface area contributed by atoms with E-state index in [2.05, 4.69) is 24.7 Å². The summed E-state index contributed by atoms with van der Waals surface area (Å²) >= 11 is 1.44. The molecule has 2 aromatic rings. The molecule has 1 aromatic carbocycles. The molecule has 0 aliphatic carbocycles. The average molecular weight is 270 g/mol. The Kier molecular flexibility index (Phi) is 4.02. The summed E-state index contributed by atoms with van der Waals surface area (Å²) in [4.78, 5) is 16.7. The van der Waals surface area contributed by atoms with Gasteiger partial charge in [-0.25, -0.2) is 4.98 Å². The second-order valence-corrected chi connectivity index (χ2v) is 4.88. The fourth-order valence-electron chi connectivity index (χ4n) is 1.61. The minimum absolute atomic E-state index is 0.183. The van der Waals surface area contributed by atoms with Gasteiger partial charge in [0.05, 0.1) is 16.3 Å². The lowest BCUT2D eigenvalue weighted by Crippen LogP contribution is -2.45. The van der Waals surface area contributed by atoms with Gasteiger partial charge in [0.15, 0.2) is 5.16 Å². The molecule has 96 valence electrons. The summed E-state index contributed by atoms with van der Waals surface area (Å²) in [6.45, 7) is 11.2. The summed E-state index contributed by atoms with van der Waals surface area (Å²) in [5.41, 5.74) is 0.592. The van der Waals surface area contributed by atoms with Crippen LogP contribution in [0.2, 0.25) is 0 Å². The molecule has 19 heavy (non-hydrogen) atoms. The normalized spacial score (nSPS) is 10.3. The van der Waals surface area contributed by atoms with Crippen LogP contribution in [0.5, 0.6) is 0 Å². The Labute approximate surface area is 115 Å². The first-order valence-corrected chi connectivity index (χ1v) is 6.73. The van der Waals surface area contributed by atoms with Gasteiger partial charge in [0.2, 0.25) is 0 Å². The van der Waals surface area contributed by atoms with Gasteiger partial charge in [-0.15, -0.1) is 6.58 Å². The summed E-state index contributed by atoms with van der Waals surface area (Å²) in [5.74, 6) is 0.676. The second-order valence-electron chi connectivity index (χ2n) is 3.90. The van der Waals surface area contributed by atoms with Crippen LogP contribution in [0.1, 0.15) is 0 Å². The van der Waals surface area contributed by atoms with E-state index >= 15 is 0 Å². The van der Waals surface area contributed by atoms with Crippen molar-refractivity contribution in [3.05, 3.63) is 63.9 Å². The monoisotopic (exact) mass is 270 g/mol. The van der Waals surface area contributed by atoms with E-state index in [1.54, 1.807) is 10.6 Å². The topological polar surface area (TPSA) is 34.9 Å². The lowest BCUT2D eigenvalue weighted by molar-refractivity contribution is 0.774. The zero-order valence-corrected chi connectivity index (χ0v) is 11.3. The first kappa shape index (κ1) is 13.4. The minimum Gasteiger partial charge on any atom is -0.268 e. The molecule has 0 spiro atoms. The predicted molar refractivity (Wildman–Crippen MR) is 81.0 cm³/mol. The number of hydrogen-bond acceptors (Lipinski definition) is 3. The third-order valence-corrected chi connectivity index (χ3v) is 3.51. The van der Waals surface area contributed by atoms with Crippen molar-refractivity contribution in [1.82, 2.24) is 9.55 Å². The minimum atomic E-state index is -0.183. The summed E-state index contributed by atoms with van der Waals surface area (Å²) in [6, 6.07) is 9.39. The van der Waals surface area contributed by atoms with Crippen LogP contribution in [-0.4, -0.2) is 15.3 Å². The highest BCUT2D eigenvalue weighted by molar-refractivity contribution is 7.99. The Bertz CT molecular complexity index is 750. The van der Waals surface area contributed by atoms with Crippen molar-refractivity contribution in [2.45, 2.75) is 5.16 Å². The van der Waals surface area contributed by atoms with Crippen LogP contribution in [0.3, 0.4) is 0 Å². The van der Waals surface area contributed by atoms with Crippen LogP contribution >= 0.6 is 11.8 Å². The van der Waals surface area contributed by atoms with Crippen LogP contribution in [0, 0.1) is 0 Å². The Hall–Kier alpha value is -2.07. The van der Waals surface area contributed by atoms with Crippen LogP contribution in [0.25, 0.3) is 18.8 Å². The summed E-state index contributed by atoms with van der Waals surface area (Å²) in [6.07, 6.45) is 1.77. The Morgan fingerprint density at radius 1 is 1.26 bits per heavy atom. The number of benzene rings is 1. The van der Waals surface area contributed by atoms with Gasteiger partial charge in [0, 0.05) is 5.75 Å². The van der Waals surface area contributed by atoms with Crippen LogP contribution < -0.4 is 16.1 Å². The van der Waals surface area contributed by atoms with Gasteiger partial charge in [-0.1, -0.05) is 49.2 Å². The standard InChI is InChI=1S/C15H14N2OS/c1-4-10-19-15-16-12(3)11(2)14(18)17(15)13-8-6-5-7-9-13/h4-9H,1-3,10H2. The molecule has 0 bridgehead atoms. The molecular weight excluding hydrogens is 256 g/mol. The predicted octanol–water partition coefficient (Wildman–Crippen LogP) is 1.33. The molecule has 3 nitrogen and oxygen atoms in total. The number of rotatable bonds is 4. The van der Waals surface area contributed by atoms with E-state index in [4.69, 9.17) is 0 Å². The molecule has 0 atom stereocenters. The van der Waals surface area contributed by atoms with Crippen molar-refractivity contribution in [1.29, 1.82) is 0 Å². The SMILES string of the molecule is C=CCSc1nc(=C)c(=C)c(=O)n1-c1ccccc1. The summed E-state index contributed by atoms with van der Waals surface area (Å²) in [5, 5.41) is 1.35. The fraction of sp³-hybridized carbons (Fsp3) is 0.0667. The number of para-hydroxylation sites is 1. The molecule has 0 aliphatic rings. The van der Waals surface area contributed by atoms with Crippen molar-refractivity contribution in [2.75, 3.05) is 5.75 Å². The van der Waals surface area contributed by atoms with Gasteiger partial charge < -0.3 is 0 Å². The van der Waals surface area contributed by atoms with E-state index in [-0.39, 0.29) is 5.56 Å². The maximum Gasteiger partial charge on any atom is 0.265 e. The Balaban J connectivity index is 2.73. The maximum atomic E-state index is 12.4. The Morgan fingerprint density at radius 3 is 2.58 bits per heavy atom. The van der Waals surface area contributed by atoms with Crippen LogP contribution in [-0.2, 0) is 0 Å². The number of hydrogen-bond donors (Lipinski definition) is 0. The number of nitrogens with zero attached hydrogens (tertiary/aromatic N) is 2. The van der Waals surface area contributed by atoms with Crippen LogP contribution in [0.4, 0.5) is 0 Å². The summed E-state index contributed by atoms with van der Waals surface area (Å²) in [7, 11) is 0. The molecule has 0 saturated carbocycles. The van der Waals surface area contributed by atoms with Crippen molar-refractivity contribution >= 4 is 24.9 Å². The number of aromatic nitrogens is 2. The molecule has 0 amide bonds. The largest absolute Gasteiger partial charge is 0.268 e. The molecule has 0 N–H and O–H groups in total. The highest BCUT2D eigenvalue weighted by Crippen LogP contribution is 2.15. The number of thioether (sulfide) groups is 1. The molecule has 0 fully saturated rings. The summed E-state index contributed by atoms with van der Waals surface area (Å²) < 4.78 is 1.56. The Morgan fingerprint density at radius 2 is 1.95 bits per heavy atom. The zero-order valence-electron chi connectivity index (χ0n) is 10.5. The van der Waals surface area contributed by atoms with Gasteiger partial charge in [-0.2, -0.15) is 0 Å². The van der Waals surface area contributed by atoms with E-state index in [1.165, 1.54) is 11.8 Å². The van der Waals surface area contributed by atoms with E-state index < -0.39 is 0 Å². The first-order chi connectivity index (χ1) is 9.15. The molecule has 4 heteroatoms. The van der Waals surface area contributed by atoms with Gasteiger partial charge in [-0.3, -0.25) is 9.36 Å². The van der Waals surface area contributed by atoms with E-state index in [0.29, 0.717) is 21.5 Å². The maximum absolute atomic E-state index is 12.4. The third-order valence-electron chi connectivity index (χ3n) is 2.58. The molecular formula is C15H14N2OS.